The number of rotatable bonds is 4. The van der Waals surface area contributed by atoms with Crippen LogP contribution in [0, 0.1) is 0 Å². The van der Waals surface area contributed by atoms with Crippen molar-refractivity contribution in [3.05, 3.63) is 33.8 Å². The molecule has 0 saturated carbocycles. The second kappa shape index (κ2) is 6.24. The molecule has 0 fully saturated rings. The molecule has 0 heterocycles. The molecule has 5 heteroatoms. The minimum absolute atomic E-state index is 0.175. The number of hydrogen-bond acceptors (Lipinski definition) is 2. The summed E-state index contributed by atoms with van der Waals surface area (Å²) in [6, 6.07) is 5.00. The Bertz CT molecular complexity index is 409. The Labute approximate surface area is 111 Å². The van der Waals surface area contributed by atoms with Crippen LogP contribution in [0.5, 0.6) is 0 Å². The molecule has 94 valence electrons. The number of halogens is 2. The van der Waals surface area contributed by atoms with Gasteiger partial charge in [-0.25, -0.2) is 0 Å². The number of ether oxygens (including phenoxy) is 1. The summed E-state index contributed by atoms with van der Waals surface area (Å²) in [6.45, 7) is 3.54. The molecule has 0 bridgehead atoms. The number of methoxy groups -OCH3 is 1. The highest BCUT2D eigenvalue weighted by atomic mass is 35.5. The fourth-order valence-corrected chi connectivity index (χ4v) is 1.94. The molecule has 2 atom stereocenters. The lowest BCUT2D eigenvalue weighted by atomic mass is 10.1. The van der Waals surface area contributed by atoms with Gasteiger partial charge in [0, 0.05) is 17.2 Å². The maximum atomic E-state index is 11.6. The fourth-order valence-electron chi connectivity index (χ4n) is 1.37. The molecule has 3 nitrogen and oxygen atoms in total. The molecule has 0 aliphatic heterocycles. The van der Waals surface area contributed by atoms with E-state index in [4.69, 9.17) is 27.9 Å². The molecule has 1 amide bonds. The van der Waals surface area contributed by atoms with Crippen LogP contribution in [-0.2, 0) is 9.53 Å². The van der Waals surface area contributed by atoms with Gasteiger partial charge in [-0.3, -0.25) is 4.79 Å². The molecule has 0 spiro atoms. The van der Waals surface area contributed by atoms with Crippen LogP contribution >= 0.6 is 23.2 Å². The summed E-state index contributed by atoms with van der Waals surface area (Å²) in [5.41, 5.74) is 0.827. The van der Waals surface area contributed by atoms with E-state index in [1.807, 2.05) is 6.92 Å². The molecule has 0 radical (unpaired) electrons. The monoisotopic (exact) mass is 275 g/mol. The van der Waals surface area contributed by atoms with E-state index in [-0.39, 0.29) is 11.9 Å². The molecule has 1 aromatic carbocycles. The van der Waals surface area contributed by atoms with Gasteiger partial charge in [-0.15, -0.1) is 0 Å². The zero-order chi connectivity index (χ0) is 13.0. The van der Waals surface area contributed by atoms with Gasteiger partial charge < -0.3 is 10.1 Å². The van der Waals surface area contributed by atoms with Crippen molar-refractivity contribution in [1.82, 2.24) is 5.32 Å². The minimum atomic E-state index is -0.483. The summed E-state index contributed by atoms with van der Waals surface area (Å²) in [5, 5.41) is 3.92. The first-order valence-corrected chi connectivity index (χ1v) is 5.99. The molecule has 1 N–H and O–H groups in total. The van der Waals surface area contributed by atoms with Crippen molar-refractivity contribution in [3.8, 4) is 0 Å². The lowest BCUT2D eigenvalue weighted by Crippen LogP contribution is -2.35. The van der Waals surface area contributed by atoms with Crippen LogP contribution in [0.1, 0.15) is 25.5 Å². The first-order chi connectivity index (χ1) is 7.95. The van der Waals surface area contributed by atoms with E-state index in [0.717, 1.165) is 5.56 Å². The summed E-state index contributed by atoms with van der Waals surface area (Å²) in [5.74, 6) is -0.175. The summed E-state index contributed by atoms with van der Waals surface area (Å²) < 4.78 is 4.93. The van der Waals surface area contributed by atoms with E-state index in [1.54, 1.807) is 25.1 Å². The van der Waals surface area contributed by atoms with Crippen molar-refractivity contribution in [2.75, 3.05) is 7.11 Å². The molecule has 0 aliphatic carbocycles. The molecular weight excluding hydrogens is 261 g/mol. The Balaban J connectivity index is 2.76. The third-order valence-corrected chi connectivity index (χ3v) is 3.07. The first kappa shape index (κ1) is 14.3. The third kappa shape index (κ3) is 3.87. The predicted molar refractivity (Wildman–Crippen MR) is 69.5 cm³/mol. The van der Waals surface area contributed by atoms with Crippen LogP contribution in [0.3, 0.4) is 0 Å². The van der Waals surface area contributed by atoms with Crippen molar-refractivity contribution < 1.29 is 9.53 Å². The van der Waals surface area contributed by atoms with Crippen molar-refractivity contribution in [1.29, 1.82) is 0 Å². The first-order valence-electron chi connectivity index (χ1n) is 5.23. The van der Waals surface area contributed by atoms with Crippen molar-refractivity contribution >= 4 is 29.1 Å². The van der Waals surface area contributed by atoms with E-state index >= 15 is 0 Å². The van der Waals surface area contributed by atoms with Crippen LogP contribution in [0.2, 0.25) is 10.0 Å². The maximum Gasteiger partial charge on any atom is 0.249 e. The van der Waals surface area contributed by atoms with Crippen LogP contribution in [0.25, 0.3) is 0 Å². The lowest BCUT2D eigenvalue weighted by Gasteiger charge is -2.18. The SMILES string of the molecule is COC(C)C(=O)NC(C)c1ccc(Cl)cc1Cl. The molecule has 2 unspecified atom stereocenters. The van der Waals surface area contributed by atoms with Gasteiger partial charge in [-0.05, 0) is 31.5 Å². The van der Waals surface area contributed by atoms with Crippen molar-refractivity contribution in [2.24, 2.45) is 0 Å². The highest BCUT2D eigenvalue weighted by Crippen LogP contribution is 2.26. The molecule has 0 saturated heterocycles. The zero-order valence-electron chi connectivity index (χ0n) is 9.96. The second-order valence-corrected chi connectivity index (χ2v) is 4.62. The summed E-state index contributed by atoms with van der Waals surface area (Å²) >= 11 is 11.9. The topological polar surface area (TPSA) is 38.3 Å². The summed E-state index contributed by atoms with van der Waals surface area (Å²) in [7, 11) is 1.49. The van der Waals surface area contributed by atoms with Gasteiger partial charge in [0.05, 0.1) is 6.04 Å². The smallest absolute Gasteiger partial charge is 0.249 e. The Hall–Kier alpha value is -0.770. The normalized spacial score (nSPS) is 14.2. The van der Waals surface area contributed by atoms with Crippen LogP contribution in [0.4, 0.5) is 0 Å². The number of benzene rings is 1. The van der Waals surface area contributed by atoms with Gasteiger partial charge in [-0.2, -0.15) is 0 Å². The van der Waals surface area contributed by atoms with Gasteiger partial charge in [-0.1, -0.05) is 29.3 Å². The predicted octanol–water partition coefficient (Wildman–Crippen LogP) is 3.21. The van der Waals surface area contributed by atoms with E-state index in [9.17, 15) is 4.79 Å². The lowest BCUT2D eigenvalue weighted by molar-refractivity contribution is -0.130. The molecule has 1 rings (SSSR count). The Morgan fingerprint density at radius 1 is 1.35 bits per heavy atom. The van der Waals surface area contributed by atoms with Gasteiger partial charge >= 0.3 is 0 Å². The van der Waals surface area contributed by atoms with Crippen LogP contribution in [0.15, 0.2) is 18.2 Å². The van der Waals surface area contributed by atoms with Crippen molar-refractivity contribution in [3.63, 3.8) is 0 Å². The quantitative estimate of drug-likeness (QED) is 0.917. The summed E-state index contributed by atoms with van der Waals surface area (Å²) in [6.07, 6.45) is -0.483. The number of nitrogens with one attached hydrogen (secondary N) is 1. The molecular formula is C12H15Cl2NO2. The highest BCUT2D eigenvalue weighted by Gasteiger charge is 2.17. The number of hydrogen-bond donors (Lipinski definition) is 1. The van der Waals surface area contributed by atoms with Gasteiger partial charge in [0.1, 0.15) is 6.10 Å². The van der Waals surface area contributed by atoms with E-state index < -0.39 is 6.10 Å². The number of carbonyl (C=O) groups is 1. The number of amides is 1. The minimum Gasteiger partial charge on any atom is -0.372 e. The average molecular weight is 276 g/mol. The van der Waals surface area contributed by atoms with Gasteiger partial charge in [0.25, 0.3) is 0 Å². The molecule has 0 aliphatic rings. The fraction of sp³-hybridized carbons (Fsp3) is 0.417. The van der Waals surface area contributed by atoms with Gasteiger partial charge in [0.15, 0.2) is 0 Å². The van der Waals surface area contributed by atoms with Crippen LogP contribution < -0.4 is 5.32 Å². The zero-order valence-corrected chi connectivity index (χ0v) is 11.5. The van der Waals surface area contributed by atoms with E-state index in [1.165, 1.54) is 7.11 Å². The third-order valence-electron chi connectivity index (χ3n) is 2.51. The maximum absolute atomic E-state index is 11.6. The second-order valence-electron chi connectivity index (χ2n) is 3.77. The van der Waals surface area contributed by atoms with Crippen LogP contribution in [-0.4, -0.2) is 19.1 Å². The van der Waals surface area contributed by atoms with E-state index in [0.29, 0.717) is 10.0 Å². The van der Waals surface area contributed by atoms with E-state index in [2.05, 4.69) is 5.32 Å². The average Bonchev–Trinajstić information content (AvgIpc) is 2.27. The molecule has 0 aromatic heterocycles. The Morgan fingerprint density at radius 2 is 2.00 bits per heavy atom. The Morgan fingerprint density at radius 3 is 2.53 bits per heavy atom. The molecule has 17 heavy (non-hydrogen) atoms. The Kier molecular flexibility index (Phi) is 5.25. The summed E-state index contributed by atoms with van der Waals surface area (Å²) in [4.78, 5) is 11.6. The standard InChI is InChI=1S/C12H15Cl2NO2/c1-7(15-12(16)8(2)17-3)10-5-4-9(13)6-11(10)14/h4-8H,1-3H3,(H,15,16). The largest absolute Gasteiger partial charge is 0.372 e. The number of carbonyl (C=O) groups excluding carboxylic acids is 1. The van der Waals surface area contributed by atoms with Crippen molar-refractivity contribution in [2.45, 2.75) is 26.0 Å². The molecule has 1 aromatic rings. The highest BCUT2D eigenvalue weighted by molar-refractivity contribution is 6.35. The van der Waals surface area contributed by atoms with Gasteiger partial charge in [0.2, 0.25) is 5.91 Å².